The van der Waals surface area contributed by atoms with Crippen LogP contribution in [0.3, 0.4) is 0 Å². The van der Waals surface area contributed by atoms with Crippen molar-refractivity contribution in [1.29, 1.82) is 0 Å². The van der Waals surface area contributed by atoms with Crippen molar-refractivity contribution in [2.45, 2.75) is 135 Å². The molecule has 15 nitrogen and oxygen atoms in total. The number of ether oxygens (including phenoxy) is 5. The van der Waals surface area contributed by atoms with E-state index in [0.29, 0.717) is 30.7 Å². The van der Waals surface area contributed by atoms with Gasteiger partial charge < -0.3 is 34.1 Å². The second-order valence-corrected chi connectivity index (χ2v) is 17.9. The summed E-state index contributed by atoms with van der Waals surface area (Å²) in [4.78, 5) is 84.6. The Morgan fingerprint density at radius 2 is 1.53 bits per heavy atom. The Labute approximate surface area is 351 Å². The predicted molar refractivity (Wildman–Crippen MR) is 214 cm³/mol. The molecular weight excluding hydrogens is 825 g/mol. The first-order chi connectivity index (χ1) is 26.7. The molecule has 7 atom stereocenters. The minimum absolute atomic E-state index is 0.0502. The second kappa shape index (κ2) is 23.9. The standard InChI is InChI=1S/C38H55Cl2N3O12S2/c1-10-13-29(46)43-31(21(5)11-2)28(53-23(7)44)16-30(47)52-17-26(45)33-41-25(19-56-33)37(50)54-27(14-12-15-38(8,39)40)22(6)35(48)55-32(20(3)4)34-42-24(18-57-34)36(49)51-9/h18-22,26-28,31-32,45H,10-17H2,1-9H3,(H,43,46). The number of alkyl halides is 2. The largest absolute Gasteiger partial charge is 0.464 e. The van der Waals surface area contributed by atoms with Gasteiger partial charge in [-0.2, -0.15) is 0 Å². The second-order valence-electron chi connectivity index (χ2n) is 14.2. The van der Waals surface area contributed by atoms with Crippen LogP contribution in [0.1, 0.15) is 144 Å². The van der Waals surface area contributed by atoms with Gasteiger partial charge in [-0.05, 0) is 51.4 Å². The van der Waals surface area contributed by atoms with Gasteiger partial charge in [-0.15, -0.1) is 45.9 Å². The topological polar surface area (TPSA) is 207 Å². The minimum atomic E-state index is -1.42. The van der Waals surface area contributed by atoms with Crippen LogP contribution in [-0.4, -0.2) is 87.1 Å². The van der Waals surface area contributed by atoms with Gasteiger partial charge >= 0.3 is 29.8 Å². The number of aliphatic hydroxyl groups excluding tert-OH is 1. The Bertz CT molecular complexity index is 1650. The highest BCUT2D eigenvalue weighted by molar-refractivity contribution is 7.10. The first-order valence-corrected chi connectivity index (χ1v) is 21.3. The quantitative estimate of drug-likeness (QED) is 0.0614. The predicted octanol–water partition coefficient (Wildman–Crippen LogP) is 7.08. The maximum absolute atomic E-state index is 13.5. The number of hydrogen-bond acceptors (Lipinski definition) is 16. The SMILES string of the molecule is CCCC(=O)NC(C(C)CC)C(CC(=O)OCC(O)c1nc(C(=O)OC(CCCC(C)(Cl)Cl)C(C)C(=O)OC(c2nc(C(=O)OC)cs2)C(C)C)cs1)OC(C)=O. The van der Waals surface area contributed by atoms with Crippen LogP contribution in [0.4, 0.5) is 0 Å². The molecule has 2 aromatic heterocycles. The maximum Gasteiger partial charge on any atom is 0.358 e. The molecule has 0 aromatic carbocycles. The van der Waals surface area contributed by atoms with Gasteiger partial charge in [-0.1, -0.05) is 41.0 Å². The van der Waals surface area contributed by atoms with E-state index in [1.165, 1.54) is 24.8 Å². The monoisotopic (exact) mass is 879 g/mol. The Hall–Kier alpha value is -3.38. The van der Waals surface area contributed by atoms with E-state index in [1.807, 2.05) is 34.6 Å². The normalized spacial score (nSPS) is 15.3. The lowest BCUT2D eigenvalue weighted by molar-refractivity contribution is -0.161. The molecule has 2 aromatic rings. The number of aromatic nitrogens is 2. The zero-order chi connectivity index (χ0) is 43.0. The number of hydrogen-bond donors (Lipinski definition) is 2. The summed E-state index contributed by atoms with van der Waals surface area (Å²) in [5, 5.41) is 17.0. The number of nitrogens with one attached hydrogen (secondary N) is 1. The van der Waals surface area contributed by atoms with Crippen molar-refractivity contribution in [3.05, 3.63) is 32.2 Å². The number of rotatable bonds is 24. The van der Waals surface area contributed by atoms with Crippen molar-refractivity contribution < 1.29 is 57.6 Å². The molecule has 0 saturated heterocycles. The maximum atomic E-state index is 13.5. The number of esters is 5. The summed E-state index contributed by atoms with van der Waals surface area (Å²) < 4.78 is 26.1. The van der Waals surface area contributed by atoms with E-state index in [-0.39, 0.29) is 53.4 Å². The molecule has 1 amide bonds. The fraction of sp³-hybridized carbons (Fsp3) is 0.684. The Kier molecular flexibility index (Phi) is 20.9. The third-order valence-corrected chi connectivity index (χ3v) is 11.1. The summed E-state index contributed by atoms with van der Waals surface area (Å²) in [7, 11) is 1.24. The highest BCUT2D eigenvalue weighted by atomic mass is 35.5. The number of amides is 1. The van der Waals surface area contributed by atoms with E-state index in [4.69, 9.17) is 46.9 Å². The van der Waals surface area contributed by atoms with Crippen LogP contribution in [0.2, 0.25) is 0 Å². The summed E-state index contributed by atoms with van der Waals surface area (Å²) in [6, 6.07) is -0.651. The molecule has 0 spiro atoms. The van der Waals surface area contributed by atoms with Crippen LogP contribution in [0.15, 0.2) is 10.8 Å². The highest BCUT2D eigenvalue weighted by Crippen LogP contribution is 2.32. The third-order valence-electron chi connectivity index (χ3n) is 8.87. The van der Waals surface area contributed by atoms with Gasteiger partial charge in [-0.3, -0.25) is 19.2 Å². The summed E-state index contributed by atoms with van der Waals surface area (Å²) in [5.74, 6) is -5.16. The van der Waals surface area contributed by atoms with Gasteiger partial charge in [0.05, 0.1) is 25.5 Å². The van der Waals surface area contributed by atoms with Crippen molar-refractivity contribution in [3.8, 4) is 0 Å². The van der Waals surface area contributed by atoms with Gasteiger partial charge in [0.2, 0.25) is 5.91 Å². The molecule has 2 N–H and O–H groups in total. The van der Waals surface area contributed by atoms with Crippen LogP contribution in [0, 0.1) is 17.8 Å². The number of methoxy groups -OCH3 is 1. The number of carbonyl (C=O) groups excluding carboxylic acids is 6. The molecule has 0 bridgehead atoms. The first-order valence-electron chi connectivity index (χ1n) is 18.8. The Morgan fingerprint density at radius 1 is 0.912 bits per heavy atom. The van der Waals surface area contributed by atoms with Crippen LogP contribution in [-0.2, 0) is 42.9 Å². The van der Waals surface area contributed by atoms with Crippen molar-refractivity contribution in [2.75, 3.05) is 13.7 Å². The van der Waals surface area contributed by atoms with Gasteiger partial charge in [0.1, 0.15) is 39.3 Å². The Balaban J connectivity index is 2.16. The summed E-state index contributed by atoms with van der Waals surface area (Å²) in [6.45, 7) is 13.1. The number of halogens is 2. The van der Waals surface area contributed by atoms with Crippen LogP contribution in [0.5, 0.6) is 0 Å². The zero-order valence-corrected chi connectivity index (χ0v) is 37.0. The van der Waals surface area contributed by atoms with Crippen molar-refractivity contribution >= 4 is 81.6 Å². The lowest BCUT2D eigenvalue weighted by Crippen LogP contribution is -2.49. The molecule has 0 aliphatic rings. The van der Waals surface area contributed by atoms with Gasteiger partial charge in [0.15, 0.2) is 17.5 Å². The molecule has 7 unspecified atom stereocenters. The first kappa shape index (κ1) is 49.8. The summed E-state index contributed by atoms with van der Waals surface area (Å²) in [5.41, 5.74) is -0.0690. The molecule has 2 rings (SSSR count). The Morgan fingerprint density at radius 3 is 2.09 bits per heavy atom. The van der Waals surface area contributed by atoms with Crippen molar-refractivity contribution in [3.63, 3.8) is 0 Å². The third kappa shape index (κ3) is 16.8. The fourth-order valence-corrected chi connectivity index (χ4v) is 7.50. The molecule has 57 heavy (non-hydrogen) atoms. The average molecular weight is 881 g/mol. The van der Waals surface area contributed by atoms with Gasteiger partial charge in [0, 0.05) is 24.1 Å². The van der Waals surface area contributed by atoms with Gasteiger partial charge in [0.25, 0.3) is 0 Å². The molecule has 0 aliphatic carbocycles. The fourth-order valence-electron chi connectivity index (χ4n) is 5.49. The van der Waals surface area contributed by atoms with Crippen LogP contribution < -0.4 is 5.32 Å². The van der Waals surface area contributed by atoms with E-state index in [1.54, 1.807) is 13.8 Å². The zero-order valence-electron chi connectivity index (χ0n) is 33.8. The van der Waals surface area contributed by atoms with Crippen molar-refractivity contribution in [2.24, 2.45) is 17.8 Å². The van der Waals surface area contributed by atoms with E-state index < -0.39 is 77.2 Å². The summed E-state index contributed by atoms with van der Waals surface area (Å²) in [6.07, 6.45) is -2.20. The average Bonchev–Trinajstić information content (AvgIpc) is 3.84. The number of aliphatic hydroxyl groups is 1. The lowest BCUT2D eigenvalue weighted by atomic mass is 9.92. The molecule has 0 fully saturated rings. The van der Waals surface area contributed by atoms with Crippen LogP contribution in [0.25, 0.3) is 0 Å². The molecule has 0 aliphatic heterocycles. The number of carbonyl (C=O) groups is 6. The molecule has 19 heteroatoms. The number of thiazole rings is 2. The highest BCUT2D eigenvalue weighted by Gasteiger charge is 2.35. The molecule has 2 heterocycles. The van der Waals surface area contributed by atoms with E-state index >= 15 is 0 Å². The lowest BCUT2D eigenvalue weighted by Gasteiger charge is -2.31. The van der Waals surface area contributed by atoms with E-state index in [0.717, 1.165) is 22.7 Å². The summed E-state index contributed by atoms with van der Waals surface area (Å²) >= 11 is 14.4. The smallest absolute Gasteiger partial charge is 0.358 e. The molecule has 0 radical (unpaired) electrons. The molecular formula is C38H55Cl2N3O12S2. The van der Waals surface area contributed by atoms with E-state index in [2.05, 4.69) is 15.3 Å². The van der Waals surface area contributed by atoms with E-state index in [9.17, 15) is 33.9 Å². The van der Waals surface area contributed by atoms with Gasteiger partial charge in [-0.25, -0.2) is 19.6 Å². The van der Waals surface area contributed by atoms with Crippen LogP contribution >= 0.6 is 45.9 Å². The molecule has 320 valence electrons. The molecule has 0 saturated carbocycles. The van der Waals surface area contributed by atoms with Crippen molar-refractivity contribution in [1.82, 2.24) is 15.3 Å². The number of nitrogens with zero attached hydrogens (tertiary/aromatic N) is 2. The minimum Gasteiger partial charge on any atom is -0.464 e.